The van der Waals surface area contributed by atoms with Gasteiger partial charge in [-0.3, -0.25) is 14.2 Å². The summed E-state index contributed by atoms with van der Waals surface area (Å²) in [5.41, 5.74) is 1.98. The van der Waals surface area contributed by atoms with Gasteiger partial charge < -0.3 is 10.2 Å². The summed E-state index contributed by atoms with van der Waals surface area (Å²) in [5, 5.41) is 3.04. The number of hydrogen-bond acceptors (Lipinski definition) is 6. The average Bonchev–Trinajstić information content (AvgIpc) is 2.81. The first kappa shape index (κ1) is 22.0. The Labute approximate surface area is 186 Å². The molecule has 1 N–H and O–H groups in total. The highest BCUT2D eigenvalue weighted by atomic mass is 32.2. The van der Waals surface area contributed by atoms with Crippen LogP contribution in [-0.2, 0) is 21.2 Å². The van der Waals surface area contributed by atoms with E-state index in [1.54, 1.807) is 25.1 Å². The first-order valence-electron chi connectivity index (χ1n) is 10.7. The lowest BCUT2D eigenvalue weighted by Crippen LogP contribution is -2.46. The topological polar surface area (TPSA) is 101 Å². The van der Waals surface area contributed by atoms with E-state index >= 15 is 0 Å². The Morgan fingerprint density at radius 1 is 1.09 bits per heavy atom. The molecule has 0 bridgehead atoms. The molecule has 4 rings (SSSR count). The van der Waals surface area contributed by atoms with Gasteiger partial charge in [0.15, 0.2) is 9.84 Å². The van der Waals surface area contributed by atoms with E-state index in [4.69, 9.17) is 0 Å². The van der Waals surface area contributed by atoms with Gasteiger partial charge in [0.1, 0.15) is 6.54 Å². The lowest BCUT2D eigenvalue weighted by atomic mass is 10.0. The highest BCUT2D eigenvalue weighted by Gasteiger charge is 2.22. The number of carbonyl (C=O) groups is 1. The van der Waals surface area contributed by atoms with Gasteiger partial charge in [-0.2, -0.15) is 0 Å². The van der Waals surface area contributed by atoms with E-state index < -0.39 is 9.84 Å². The Bertz CT molecular complexity index is 1280. The second-order valence-corrected chi connectivity index (χ2v) is 10.2. The lowest BCUT2D eigenvalue weighted by Gasteiger charge is -2.34. The number of piperidine rings is 1. The minimum Gasteiger partial charge on any atom is -0.371 e. The van der Waals surface area contributed by atoms with Gasteiger partial charge >= 0.3 is 0 Å². The van der Waals surface area contributed by atoms with Crippen molar-refractivity contribution in [3.8, 4) is 0 Å². The van der Waals surface area contributed by atoms with Crippen molar-refractivity contribution in [2.24, 2.45) is 0 Å². The van der Waals surface area contributed by atoms with Crippen LogP contribution in [0, 0.1) is 0 Å². The second kappa shape index (κ2) is 9.12. The molecular weight excluding hydrogens is 428 g/mol. The van der Waals surface area contributed by atoms with Crippen molar-refractivity contribution in [2.75, 3.05) is 23.7 Å². The number of nitrogens with zero attached hydrogens (tertiary/aromatic N) is 3. The number of hydrogen-bond donors (Lipinski definition) is 1. The number of nitrogens with one attached hydrogen (secondary N) is 1. The minimum atomic E-state index is -3.20. The van der Waals surface area contributed by atoms with Crippen LogP contribution in [0.15, 0.2) is 64.4 Å². The van der Waals surface area contributed by atoms with Crippen molar-refractivity contribution in [1.82, 2.24) is 14.9 Å². The van der Waals surface area contributed by atoms with E-state index in [-0.39, 0.29) is 29.8 Å². The predicted molar refractivity (Wildman–Crippen MR) is 124 cm³/mol. The summed E-state index contributed by atoms with van der Waals surface area (Å²) in [6, 6.07) is 14.3. The highest BCUT2D eigenvalue weighted by molar-refractivity contribution is 7.91. The molecule has 168 valence electrons. The van der Waals surface area contributed by atoms with Gasteiger partial charge in [0.2, 0.25) is 5.91 Å². The largest absolute Gasteiger partial charge is 0.371 e. The van der Waals surface area contributed by atoms with Crippen molar-refractivity contribution in [3.63, 3.8) is 0 Å². The Morgan fingerprint density at radius 3 is 2.47 bits per heavy atom. The van der Waals surface area contributed by atoms with Gasteiger partial charge in [-0.1, -0.05) is 19.1 Å². The van der Waals surface area contributed by atoms with Crippen LogP contribution >= 0.6 is 0 Å². The number of amides is 1. The number of aromatic nitrogens is 2. The van der Waals surface area contributed by atoms with Gasteiger partial charge in [0.05, 0.1) is 27.9 Å². The van der Waals surface area contributed by atoms with Gasteiger partial charge in [-0.05, 0) is 49.2 Å². The summed E-state index contributed by atoms with van der Waals surface area (Å²) in [6.07, 6.45) is 2.78. The van der Waals surface area contributed by atoms with Crippen LogP contribution in [0.2, 0.25) is 0 Å². The van der Waals surface area contributed by atoms with Crippen LogP contribution in [0.4, 0.5) is 5.69 Å². The number of rotatable bonds is 6. The zero-order chi connectivity index (χ0) is 22.7. The molecule has 1 aliphatic rings. The highest BCUT2D eigenvalue weighted by Crippen LogP contribution is 2.22. The van der Waals surface area contributed by atoms with Crippen molar-refractivity contribution in [2.45, 2.75) is 37.2 Å². The zero-order valence-electron chi connectivity index (χ0n) is 17.9. The molecule has 3 aromatic rings. The lowest BCUT2D eigenvalue weighted by molar-refractivity contribution is -0.122. The first-order chi connectivity index (χ1) is 15.4. The number of sulfone groups is 1. The number of benzene rings is 2. The predicted octanol–water partition coefficient (Wildman–Crippen LogP) is 1.98. The Kier molecular flexibility index (Phi) is 6.27. The third-order valence-electron chi connectivity index (χ3n) is 5.86. The number of fused-ring (bicyclic) bond motifs is 1. The molecule has 0 saturated carbocycles. The van der Waals surface area contributed by atoms with E-state index in [2.05, 4.69) is 15.2 Å². The number of para-hydroxylation sites is 2. The molecule has 0 atom stereocenters. The zero-order valence-corrected chi connectivity index (χ0v) is 18.7. The quantitative estimate of drug-likeness (QED) is 0.611. The van der Waals surface area contributed by atoms with E-state index in [1.165, 1.54) is 10.8 Å². The van der Waals surface area contributed by atoms with Crippen LogP contribution in [0.5, 0.6) is 0 Å². The molecule has 2 heterocycles. The molecular formula is C23H26N4O4S. The fraction of sp³-hybridized carbons (Fsp3) is 0.348. The fourth-order valence-corrected chi connectivity index (χ4v) is 4.89. The summed E-state index contributed by atoms with van der Waals surface area (Å²) in [7, 11) is -3.20. The molecule has 1 saturated heterocycles. The van der Waals surface area contributed by atoms with Crippen LogP contribution in [0.3, 0.4) is 0 Å². The molecule has 1 aliphatic heterocycles. The summed E-state index contributed by atoms with van der Waals surface area (Å²) in [6.45, 7) is 3.09. The first-order valence-corrected chi connectivity index (χ1v) is 12.3. The monoisotopic (exact) mass is 454 g/mol. The minimum absolute atomic E-state index is 0.0299. The molecule has 1 amide bonds. The molecule has 32 heavy (non-hydrogen) atoms. The summed E-state index contributed by atoms with van der Waals surface area (Å²) in [4.78, 5) is 31.5. The average molecular weight is 455 g/mol. The third-order valence-corrected chi connectivity index (χ3v) is 7.61. The second-order valence-electron chi connectivity index (χ2n) is 7.90. The van der Waals surface area contributed by atoms with E-state index in [1.807, 2.05) is 30.3 Å². The van der Waals surface area contributed by atoms with Gasteiger partial charge in [-0.25, -0.2) is 13.4 Å². The summed E-state index contributed by atoms with van der Waals surface area (Å²) >= 11 is 0. The van der Waals surface area contributed by atoms with Crippen molar-refractivity contribution in [1.29, 1.82) is 0 Å². The SMILES string of the molecule is CCS(=O)(=O)c1ccc(N2CCC(NC(=O)Cn3c(=O)cnc4ccccc43)CC2)cc1. The van der Waals surface area contributed by atoms with Gasteiger partial charge in [-0.15, -0.1) is 0 Å². The molecule has 2 aromatic carbocycles. The number of carbonyl (C=O) groups excluding carboxylic acids is 1. The van der Waals surface area contributed by atoms with Gasteiger partial charge in [0, 0.05) is 24.8 Å². The third kappa shape index (κ3) is 4.67. The molecule has 8 nitrogen and oxygen atoms in total. The van der Waals surface area contributed by atoms with Crippen molar-refractivity contribution in [3.05, 3.63) is 65.1 Å². The Morgan fingerprint density at radius 2 is 1.78 bits per heavy atom. The molecule has 1 aromatic heterocycles. The Balaban J connectivity index is 1.35. The molecule has 0 aliphatic carbocycles. The van der Waals surface area contributed by atoms with Crippen LogP contribution < -0.4 is 15.8 Å². The summed E-state index contributed by atoms with van der Waals surface area (Å²) in [5.74, 6) is -0.116. The van der Waals surface area contributed by atoms with Crippen molar-refractivity contribution >= 4 is 32.5 Å². The molecule has 0 unspecified atom stereocenters. The maximum absolute atomic E-state index is 12.6. The molecule has 9 heteroatoms. The molecule has 1 fully saturated rings. The van der Waals surface area contributed by atoms with Crippen LogP contribution in [0.1, 0.15) is 19.8 Å². The van der Waals surface area contributed by atoms with E-state index in [9.17, 15) is 18.0 Å². The molecule has 0 spiro atoms. The van der Waals surface area contributed by atoms with Gasteiger partial charge in [0.25, 0.3) is 5.56 Å². The smallest absolute Gasteiger partial charge is 0.269 e. The summed E-state index contributed by atoms with van der Waals surface area (Å²) < 4.78 is 25.4. The van der Waals surface area contributed by atoms with Crippen molar-refractivity contribution < 1.29 is 13.2 Å². The maximum Gasteiger partial charge on any atom is 0.269 e. The van der Waals surface area contributed by atoms with E-state index in [0.717, 1.165) is 31.6 Å². The standard InChI is InChI=1S/C23H26N4O4S/c1-2-32(30,31)19-9-7-18(8-10-19)26-13-11-17(12-14-26)25-22(28)16-27-21-6-4-3-5-20(21)24-15-23(27)29/h3-10,15,17H,2,11-14,16H2,1H3,(H,25,28). The Hall–Kier alpha value is -3.20. The normalized spacial score (nSPS) is 15.1. The maximum atomic E-state index is 12.6. The van der Waals surface area contributed by atoms with Crippen LogP contribution in [0.25, 0.3) is 11.0 Å². The van der Waals surface area contributed by atoms with Crippen LogP contribution in [-0.4, -0.2) is 48.8 Å². The molecule has 0 radical (unpaired) electrons. The van der Waals surface area contributed by atoms with E-state index in [0.29, 0.717) is 15.9 Å². The number of anilines is 1. The fourth-order valence-electron chi connectivity index (χ4n) is 4.01.